The Morgan fingerprint density at radius 3 is 2.77 bits per heavy atom. The number of nitrogens with one attached hydrogen (secondary N) is 2. The van der Waals surface area contributed by atoms with E-state index in [2.05, 4.69) is 31.8 Å². The molecule has 3 fully saturated rings. The van der Waals surface area contributed by atoms with E-state index in [4.69, 9.17) is 0 Å². The van der Waals surface area contributed by atoms with Crippen LogP contribution in [0.3, 0.4) is 0 Å². The molecule has 136 valence electrons. The van der Waals surface area contributed by atoms with Gasteiger partial charge in [0, 0.05) is 43.5 Å². The van der Waals surface area contributed by atoms with Crippen molar-refractivity contribution in [3.05, 3.63) is 30.6 Å². The molecular weight excluding hydrogens is 328 g/mol. The van der Waals surface area contributed by atoms with Crippen LogP contribution in [-0.2, 0) is 4.79 Å². The molecule has 1 aromatic heterocycles. The van der Waals surface area contributed by atoms with Crippen LogP contribution in [0.2, 0.25) is 0 Å². The molecule has 2 aliphatic heterocycles. The van der Waals surface area contributed by atoms with Gasteiger partial charge in [-0.1, -0.05) is 18.6 Å². The van der Waals surface area contributed by atoms with Gasteiger partial charge in [0.1, 0.15) is 18.2 Å². The van der Waals surface area contributed by atoms with Crippen molar-refractivity contribution in [2.45, 2.75) is 31.3 Å². The summed E-state index contributed by atoms with van der Waals surface area (Å²) in [5, 5.41) is 1.07. The molecule has 2 aromatic rings. The van der Waals surface area contributed by atoms with Gasteiger partial charge in [0.15, 0.2) is 0 Å². The van der Waals surface area contributed by atoms with Crippen LogP contribution in [-0.4, -0.2) is 59.0 Å². The van der Waals surface area contributed by atoms with Crippen molar-refractivity contribution in [2.75, 3.05) is 31.1 Å². The maximum atomic E-state index is 13.0. The Morgan fingerprint density at radius 1 is 1.04 bits per heavy atom. The molecule has 1 saturated carbocycles. The molecule has 0 radical (unpaired) electrons. The number of amides is 1. The Morgan fingerprint density at radius 2 is 1.88 bits per heavy atom. The van der Waals surface area contributed by atoms with Crippen LogP contribution in [0.5, 0.6) is 0 Å². The number of hydrazine groups is 1. The largest absolute Gasteiger partial charge is 0.352 e. The molecule has 5 rings (SSSR count). The lowest BCUT2D eigenvalue weighted by atomic mass is 9.96. The smallest absolute Gasteiger partial charge is 0.241 e. The van der Waals surface area contributed by atoms with E-state index in [1.54, 1.807) is 6.33 Å². The molecule has 1 amide bonds. The van der Waals surface area contributed by atoms with Gasteiger partial charge in [0.2, 0.25) is 5.91 Å². The summed E-state index contributed by atoms with van der Waals surface area (Å²) in [5.74, 6) is 1.67. The summed E-state index contributed by atoms with van der Waals surface area (Å²) < 4.78 is 0. The maximum Gasteiger partial charge on any atom is 0.241 e. The van der Waals surface area contributed by atoms with E-state index in [1.165, 1.54) is 12.8 Å². The highest BCUT2D eigenvalue weighted by molar-refractivity contribution is 5.89. The van der Waals surface area contributed by atoms with Gasteiger partial charge in [-0.15, -0.1) is 0 Å². The monoisotopic (exact) mass is 352 g/mol. The number of aromatic nitrogens is 2. The first kappa shape index (κ1) is 16.0. The SMILES string of the molecule is O=C(C1NNC2CCCC21)N1CCN(c2ncnc3ccccc23)CC1. The molecule has 7 nitrogen and oxygen atoms in total. The Kier molecular flexibility index (Phi) is 3.98. The predicted molar refractivity (Wildman–Crippen MR) is 99.5 cm³/mol. The molecule has 3 aliphatic rings. The Balaban J connectivity index is 1.28. The number of hydrogen-bond donors (Lipinski definition) is 2. The van der Waals surface area contributed by atoms with Crippen LogP contribution in [0.25, 0.3) is 10.9 Å². The molecule has 1 aliphatic carbocycles. The molecule has 2 N–H and O–H groups in total. The summed E-state index contributed by atoms with van der Waals surface area (Å²) in [6.07, 6.45) is 5.18. The number of benzene rings is 1. The first-order valence-electron chi connectivity index (χ1n) is 9.56. The Labute approximate surface area is 152 Å². The lowest BCUT2D eigenvalue weighted by Gasteiger charge is -2.37. The quantitative estimate of drug-likeness (QED) is 0.838. The molecule has 0 spiro atoms. The zero-order chi connectivity index (χ0) is 17.5. The minimum absolute atomic E-state index is 0.0612. The third-order valence-electron chi connectivity index (χ3n) is 6.10. The highest BCUT2D eigenvalue weighted by Gasteiger charge is 2.44. The van der Waals surface area contributed by atoms with Gasteiger partial charge in [-0.25, -0.2) is 15.4 Å². The number of anilines is 1. The van der Waals surface area contributed by atoms with Crippen molar-refractivity contribution in [3.63, 3.8) is 0 Å². The molecule has 3 unspecified atom stereocenters. The summed E-state index contributed by atoms with van der Waals surface area (Å²) in [6, 6.07) is 8.50. The summed E-state index contributed by atoms with van der Waals surface area (Å²) in [5.41, 5.74) is 7.53. The number of nitrogens with zero attached hydrogens (tertiary/aromatic N) is 4. The van der Waals surface area contributed by atoms with Crippen molar-refractivity contribution < 1.29 is 4.79 Å². The molecular formula is C19H24N6O. The Bertz CT molecular complexity index is 813. The van der Waals surface area contributed by atoms with Crippen molar-refractivity contribution >= 4 is 22.6 Å². The second-order valence-corrected chi connectivity index (χ2v) is 7.49. The number of carbonyl (C=O) groups excluding carboxylic acids is 1. The molecule has 0 bridgehead atoms. The lowest BCUT2D eigenvalue weighted by molar-refractivity contribution is -0.134. The van der Waals surface area contributed by atoms with Crippen LogP contribution >= 0.6 is 0 Å². The standard InChI is InChI=1S/C19H24N6O/c26-19(17-13-5-3-7-16(13)22-23-17)25-10-8-24(9-11-25)18-14-4-1-2-6-15(14)20-12-21-18/h1-2,4,6,12-13,16-17,22-23H,3,5,7-11H2. The summed E-state index contributed by atoms with van der Waals surface area (Å²) >= 11 is 0. The van der Waals surface area contributed by atoms with E-state index in [1.807, 2.05) is 23.1 Å². The van der Waals surface area contributed by atoms with E-state index in [9.17, 15) is 4.79 Å². The van der Waals surface area contributed by atoms with E-state index >= 15 is 0 Å². The average molecular weight is 352 g/mol. The van der Waals surface area contributed by atoms with E-state index in [-0.39, 0.29) is 11.9 Å². The number of fused-ring (bicyclic) bond motifs is 2. The highest BCUT2D eigenvalue weighted by Crippen LogP contribution is 2.32. The van der Waals surface area contributed by atoms with E-state index < -0.39 is 0 Å². The van der Waals surface area contributed by atoms with Crippen molar-refractivity contribution in [2.24, 2.45) is 5.92 Å². The lowest BCUT2D eigenvalue weighted by Crippen LogP contribution is -2.55. The van der Waals surface area contributed by atoms with Gasteiger partial charge >= 0.3 is 0 Å². The van der Waals surface area contributed by atoms with Gasteiger partial charge < -0.3 is 9.80 Å². The number of carbonyl (C=O) groups is 1. The second kappa shape index (κ2) is 6.48. The number of hydrogen-bond acceptors (Lipinski definition) is 6. The topological polar surface area (TPSA) is 73.4 Å². The molecule has 2 saturated heterocycles. The zero-order valence-electron chi connectivity index (χ0n) is 14.8. The van der Waals surface area contributed by atoms with Gasteiger partial charge in [-0.05, 0) is 25.0 Å². The van der Waals surface area contributed by atoms with Crippen molar-refractivity contribution in [1.29, 1.82) is 0 Å². The van der Waals surface area contributed by atoms with Gasteiger partial charge in [0.25, 0.3) is 0 Å². The number of para-hydroxylation sites is 1. The highest BCUT2D eigenvalue weighted by atomic mass is 16.2. The summed E-state index contributed by atoms with van der Waals surface area (Å²) in [6.45, 7) is 3.10. The fraction of sp³-hybridized carbons (Fsp3) is 0.526. The van der Waals surface area contributed by atoms with Crippen LogP contribution in [0.15, 0.2) is 30.6 Å². The number of piperazine rings is 1. The third kappa shape index (κ3) is 2.62. The summed E-state index contributed by atoms with van der Waals surface area (Å²) in [4.78, 5) is 26.1. The van der Waals surface area contributed by atoms with E-state index in [0.29, 0.717) is 12.0 Å². The average Bonchev–Trinajstić information content (AvgIpc) is 3.31. The Hall–Kier alpha value is -2.25. The molecule has 26 heavy (non-hydrogen) atoms. The fourth-order valence-corrected chi connectivity index (χ4v) is 4.69. The van der Waals surface area contributed by atoms with Crippen molar-refractivity contribution in [3.8, 4) is 0 Å². The first-order chi connectivity index (χ1) is 12.8. The normalized spacial score (nSPS) is 28.5. The minimum atomic E-state index is -0.0612. The van der Waals surface area contributed by atoms with Gasteiger partial charge in [-0.2, -0.15) is 0 Å². The van der Waals surface area contributed by atoms with Crippen LogP contribution in [0.1, 0.15) is 19.3 Å². The van der Waals surface area contributed by atoms with Gasteiger partial charge in [0.05, 0.1) is 5.52 Å². The second-order valence-electron chi connectivity index (χ2n) is 7.49. The van der Waals surface area contributed by atoms with Crippen LogP contribution < -0.4 is 15.8 Å². The summed E-state index contributed by atoms with van der Waals surface area (Å²) in [7, 11) is 0. The van der Waals surface area contributed by atoms with Crippen LogP contribution in [0, 0.1) is 5.92 Å². The number of rotatable bonds is 2. The van der Waals surface area contributed by atoms with Gasteiger partial charge in [-0.3, -0.25) is 10.2 Å². The fourth-order valence-electron chi connectivity index (χ4n) is 4.69. The first-order valence-corrected chi connectivity index (χ1v) is 9.56. The van der Waals surface area contributed by atoms with E-state index in [0.717, 1.165) is 49.3 Å². The maximum absolute atomic E-state index is 13.0. The molecule has 1 aromatic carbocycles. The predicted octanol–water partition coefficient (Wildman–Crippen LogP) is 0.924. The third-order valence-corrected chi connectivity index (χ3v) is 6.10. The minimum Gasteiger partial charge on any atom is -0.352 e. The van der Waals surface area contributed by atoms with Crippen molar-refractivity contribution in [1.82, 2.24) is 25.7 Å². The zero-order valence-corrected chi connectivity index (χ0v) is 14.8. The molecule has 3 atom stereocenters. The molecule has 7 heteroatoms. The van der Waals surface area contributed by atoms with Crippen LogP contribution in [0.4, 0.5) is 5.82 Å². The molecule has 3 heterocycles.